The summed E-state index contributed by atoms with van der Waals surface area (Å²) in [6.45, 7) is 4.36. The van der Waals surface area contributed by atoms with Crippen LogP contribution in [0.1, 0.15) is 22.6 Å². The zero-order valence-corrected chi connectivity index (χ0v) is 11.7. The predicted molar refractivity (Wildman–Crippen MR) is 79.0 cm³/mol. The summed E-state index contributed by atoms with van der Waals surface area (Å²) >= 11 is 4.97. The van der Waals surface area contributed by atoms with Crippen LogP contribution in [0.5, 0.6) is 0 Å². The van der Waals surface area contributed by atoms with Crippen LogP contribution in [0.15, 0.2) is 24.5 Å². The second kappa shape index (κ2) is 5.71. The summed E-state index contributed by atoms with van der Waals surface area (Å²) in [5.41, 5.74) is 9.05. The third kappa shape index (κ3) is 3.69. The van der Waals surface area contributed by atoms with Gasteiger partial charge in [0, 0.05) is 17.5 Å². The molecule has 0 fully saturated rings. The number of rotatable bonds is 4. The summed E-state index contributed by atoms with van der Waals surface area (Å²) in [6.07, 6.45) is 3.48. The standard InChI is InChI=1S/C13H15N5S/c1-8-3-10(13(14)19)4-12(18-8)17-7-11-6-15-9(2)5-16-11/h3-6H,7H2,1-2H3,(H2,14,19)(H,17,18). The molecule has 0 radical (unpaired) electrons. The second-order valence-electron chi connectivity index (χ2n) is 4.25. The van der Waals surface area contributed by atoms with E-state index in [1.807, 2.05) is 26.0 Å². The minimum atomic E-state index is 0.365. The summed E-state index contributed by atoms with van der Waals surface area (Å²) < 4.78 is 0. The first-order valence-corrected chi connectivity index (χ1v) is 6.25. The zero-order valence-electron chi connectivity index (χ0n) is 10.8. The predicted octanol–water partition coefficient (Wildman–Crippen LogP) is 1.73. The number of aromatic nitrogens is 3. The summed E-state index contributed by atoms with van der Waals surface area (Å²) in [5, 5.41) is 3.19. The quantitative estimate of drug-likeness (QED) is 0.826. The van der Waals surface area contributed by atoms with Gasteiger partial charge in [0.25, 0.3) is 0 Å². The van der Waals surface area contributed by atoms with Crippen molar-refractivity contribution in [1.82, 2.24) is 15.0 Å². The molecular weight excluding hydrogens is 258 g/mol. The normalized spacial score (nSPS) is 10.2. The molecule has 2 aromatic rings. The molecule has 0 atom stereocenters. The second-order valence-corrected chi connectivity index (χ2v) is 4.69. The maximum atomic E-state index is 5.63. The Morgan fingerprint density at radius 1 is 1.21 bits per heavy atom. The molecule has 0 aromatic carbocycles. The Bertz CT molecular complexity index is 594. The van der Waals surface area contributed by atoms with Crippen LogP contribution in [-0.2, 0) is 6.54 Å². The van der Waals surface area contributed by atoms with Gasteiger partial charge >= 0.3 is 0 Å². The van der Waals surface area contributed by atoms with Crippen LogP contribution in [0.25, 0.3) is 0 Å². The van der Waals surface area contributed by atoms with Crippen molar-refractivity contribution in [2.75, 3.05) is 5.32 Å². The maximum Gasteiger partial charge on any atom is 0.127 e. The van der Waals surface area contributed by atoms with Crippen molar-refractivity contribution in [1.29, 1.82) is 0 Å². The van der Waals surface area contributed by atoms with Crippen LogP contribution in [0.4, 0.5) is 5.82 Å². The topological polar surface area (TPSA) is 76.7 Å². The monoisotopic (exact) mass is 273 g/mol. The lowest BCUT2D eigenvalue weighted by Crippen LogP contribution is -2.12. The molecule has 0 saturated heterocycles. The van der Waals surface area contributed by atoms with Crippen molar-refractivity contribution >= 4 is 23.0 Å². The number of nitrogens with one attached hydrogen (secondary N) is 1. The molecule has 98 valence electrons. The molecule has 0 aliphatic heterocycles. The molecule has 0 spiro atoms. The maximum absolute atomic E-state index is 5.63. The van der Waals surface area contributed by atoms with Gasteiger partial charge in [-0.3, -0.25) is 9.97 Å². The Morgan fingerprint density at radius 2 is 2.00 bits per heavy atom. The number of thiocarbonyl (C=S) groups is 1. The fourth-order valence-electron chi connectivity index (χ4n) is 1.59. The van der Waals surface area contributed by atoms with Crippen molar-refractivity contribution in [3.63, 3.8) is 0 Å². The van der Waals surface area contributed by atoms with Gasteiger partial charge in [-0.15, -0.1) is 0 Å². The molecule has 0 aliphatic carbocycles. The Balaban J connectivity index is 2.11. The third-order valence-corrected chi connectivity index (χ3v) is 2.76. The first-order chi connectivity index (χ1) is 9.04. The van der Waals surface area contributed by atoms with E-state index in [-0.39, 0.29) is 0 Å². The summed E-state index contributed by atoms with van der Waals surface area (Å²) in [6, 6.07) is 3.69. The SMILES string of the molecule is Cc1cnc(CNc2cc(C(N)=S)cc(C)n2)cn1. The molecule has 0 aliphatic rings. The number of hydrogen-bond acceptors (Lipinski definition) is 5. The van der Waals surface area contributed by atoms with Crippen LogP contribution in [-0.4, -0.2) is 19.9 Å². The van der Waals surface area contributed by atoms with E-state index in [1.54, 1.807) is 12.4 Å². The highest BCUT2D eigenvalue weighted by molar-refractivity contribution is 7.80. The average molecular weight is 273 g/mol. The van der Waals surface area contributed by atoms with Gasteiger partial charge in [0.2, 0.25) is 0 Å². The fraction of sp³-hybridized carbons (Fsp3) is 0.231. The van der Waals surface area contributed by atoms with Crippen LogP contribution in [0, 0.1) is 13.8 Å². The molecule has 5 nitrogen and oxygen atoms in total. The Kier molecular flexibility index (Phi) is 4.01. The number of aryl methyl sites for hydroxylation is 2. The summed E-state index contributed by atoms with van der Waals surface area (Å²) in [4.78, 5) is 13.2. The van der Waals surface area contributed by atoms with Crippen molar-refractivity contribution in [2.24, 2.45) is 5.73 Å². The number of nitrogens with two attached hydrogens (primary N) is 1. The first-order valence-electron chi connectivity index (χ1n) is 5.84. The molecule has 6 heteroatoms. The molecular formula is C13H15N5S. The van der Waals surface area contributed by atoms with Gasteiger partial charge in [-0.05, 0) is 26.0 Å². The van der Waals surface area contributed by atoms with Gasteiger partial charge in [0.15, 0.2) is 0 Å². The van der Waals surface area contributed by atoms with Crippen molar-refractivity contribution in [3.05, 3.63) is 47.2 Å². The molecule has 3 N–H and O–H groups in total. The Labute approximate surface area is 117 Å². The highest BCUT2D eigenvalue weighted by atomic mass is 32.1. The van der Waals surface area contributed by atoms with E-state index in [2.05, 4.69) is 20.3 Å². The van der Waals surface area contributed by atoms with Gasteiger partial charge in [-0.2, -0.15) is 0 Å². The van der Waals surface area contributed by atoms with Gasteiger partial charge in [0.1, 0.15) is 10.8 Å². The molecule has 2 aromatic heterocycles. The lowest BCUT2D eigenvalue weighted by molar-refractivity contribution is 0.973. The average Bonchev–Trinajstić information content (AvgIpc) is 2.37. The zero-order chi connectivity index (χ0) is 13.8. The largest absolute Gasteiger partial charge is 0.389 e. The van der Waals surface area contributed by atoms with E-state index >= 15 is 0 Å². The van der Waals surface area contributed by atoms with Gasteiger partial charge in [0.05, 0.1) is 24.1 Å². The summed E-state index contributed by atoms with van der Waals surface area (Å²) in [5.74, 6) is 0.727. The van der Waals surface area contributed by atoms with Crippen LogP contribution < -0.4 is 11.1 Å². The Morgan fingerprint density at radius 3 is 2.63 bits per heavy atom. The van der Waals surface area contributed by atoms with Crippen molar-refractivity contribution in [3.8, 4) is 0 Å². The van der Waals surface area contributed by atoms with Crippen LogP contribution in [0.3, 0.4) is 0 Å². The molecule has 19 heavy (non-hydrogen) atoms. The number of nitrogens with zero attached hydrogens (tertiary/aromatic N) is 3. The minimum absolute atomic E-state index is 0.365. The van der Waals surface area contributed by atoms with Crippen molar-refractivity contribution < 1.29 is 0 Å². The van der Waals surface area contributed by atoms with E-state index in [4.69, 9.17) is 18.0 Å². The van der Waals surface area contributed by atoms with E-state index in [1.165, 1.54) is 0 Å². The third-order valence-electron chi connectivity index (χ3n) is 2.52. The summed E-state index contributed by atoms with van der Waals surface area (Å²) in [7, 11) is 0. The van der Waals surface area contributed by atoms with Gasteiger partial charge in [-0.25, -0.2) is 4.98 Å². The highest BCUT2D eigenvalue weighted by Gasteiger charge is 2.03. The molecule has 0 saturated carbocycles. The van der Waals surface area contributed by atoms with E-state index in [9.17, 15) is 0 Å². The van der Waals surface area contributed by atoms with E-state index < -0.39 is 0 Å². The number of hydrogen-bond donors (Lipinski definition) is 2. The van der Waals surface area contributed by atoms with Crippen LogP contribution >= 0.6 is 12.2 Å². The highest BCUT2D eigenvalue weighted by Crippen LogP contribution is 2.11. The number of anilines is 1. The number of pyridine rings is 1. The van der Waals surface area contributed by atoms with Gasteiger partial charge < -0.3 is 11.1 Å². The van der Waals surface area contributed by atoms with Gasteiger partial charge in [-0.1, -0.05) is 12.2 Å². The van der Waals surface area contributed by atoms with E-state index in [0.29, 0.717) is 11.5 Å². The fourth-order valence-corrected chi connectivity index (χ4v) is 1.71. The lowest BCUT2D eigenvalue weighted by atomic mass is 10.2. The first kappa shape index (κ1) is 13.4. The molecule has 0 bridgehead atoms. The molecule has 2 heterocycles. The lowest BCUT2D eigenvalue weighted by Gasteiger charge is -2.08. The Hall–Kier alpha value is -2.08. The van der Waals surface area contributed by atoms with Crippen LogP contribution in [0.2, 0.25) is 0 Å². The molecule has 0 unspecified atom stereocenters. The smallest absolute Gasteiger partial charge is 0.127 e. The van der Waals surface area contributed by atoms with Crippen molar-refractivity contribution in [2.45, 2.75) is 20.4 Å². The molecule has 0 amide bonds. The molecule has 2 rings (SSSR count). The van der Waals surface area contributed by atoms with E-state index in [0.717, 1.165) is 28.5 Å². The minimum Gasteiger partial charge on any atom is -0.389 e.